The van der Waals surface area contributed by atoms with E-state index in [2.05, 4.69) is 26.8 Å². The molecule has 3 aromatic heterocycles. The van der Waals surface area contributed by atoms with Crippen molar-refractivity contribution in [2.45, 2.75) is 13.0 Å². The number of para-hydroxylation sites is 1. The zero-order valence-electron chi connectivity index (χ0n) is 16.0. The van der Waals surface area contributed by atoms with Gasteiger partial charge in [-0.3, -0.25) is 4.79 Å². The van der Waals surface area contributed by atoms with Gasteiger partial charge in [-0.2, -0.15) is 5.10 Å². The third-order valence-corrected chi connectivity index (χ3v) is 6.80. The number of rotatable bonds is 6. The lowest BCUT2D eigenvalue weighted by molar-refractivity contribution is 0.0946. The summed E-state index contributed by atoms with van der Waals surface area (Å²) in [6.07, 6.45) is 0. The summed E-state index contributed by atoms with van der Waals surface area (Å²) in [5.41, 5.74) is 1.93. The van der Waals surface area contributed by atoms with Gasteiger partial charge in [0.25, 0.3) is 5.91 Å². The Kier molecular flexibility index (Phi) is 5.30. The maximum absolute atomic E-state index is 12.8. The Hall–Kier alpha value is -2.48. The van der Waals surface area contributed by atoms with Crippen LogP contribution >= 0.6 is 22.7 Å². The Morgan fingerprint density at radius 2 is 2.00 bits per heavy atom. The number of nitrogens with zero attached hydrogens (tertiary/aromatic N) is 3. The maximum atomic E-state index is 12.8. The van der Waals surface area contributed by atoms with Crippen LogP contribution < -0.4 is 5.32 Å². The van der Waals surface area contributed by atoms with Crippen LogP contribution in [0.1, 0.15) is 26.3 Å². The molecule has 0 spiro atoms. The van der Waals surface area contributed by atoms with E-state index >= 15 is 0 Å². The average Bonchev–Trinajstić information content (AvgIpc) is 3.41. The molecule has 0 saturated heterocycles. The van der Waals surface area contributed by atoms with Gasteiger partial charge in [0.2, 0.25) is 0 Å². The van der Waals surface area contributed by atoms with Crippen LogP contribution in [0.4, 0.5) is 0 Å². The summed E-state index contributed by atoms with van der Waals surface area (Å²) in [6.45, 7) is 2.55. The highest BCUT2D eigenvalue weighted by Crippen LogP contribution is 2.30. The second kappa shape index (κ2) is 7.87. The first kappa shape index (κ1) is 18.9. The van der Waals surface area contributed by atoms with Gasteiger partial charge in [-0.05, 0) is 50.7 Å². The standard InChI is InChI=1S/C21H22N4OS2/c1-14-16-12-19(28-21(16)25(23-14)15-8-5-4-6-9-15)20(26)22-13-17(24(2)3)18-10-7-11-27-18/h4-12,17H,13H2,1-3H3,(H,22,26)/t17-/m1/s1. The number of aromatic nitrogens is 2. The Morgan fingerprint density at radius 1 is 1.21 bits per heavy atom. The Balaban J connectivity index is 1.57. The van der Waals surface area contributed by atoms with Crippen LogP contribution in [0.5, 0.6) is 0 Å². The fraction of sp³-hybridized carbons (Fsp3) is 0.238. The van der Waals surface area contributed by atoms with Gasteiger partial charge in [0.05, 0.1) is 22.3 Å². The number of benzene rings is 1. The van der Waals surface area contributed by atoms with Crippen molar-refractivity contribution >= 4 is 38.8 Å². The summed E-state index contributed by atoms with van der Waals surface area (Å²) >= 11 is 3.19. The first-order chi connectivity index (χ1) is 13.5. The van der Waals surface area contributed by atoms with Crippen LogP contribution in [-0.2, 0) is 0 Å². The van der Waals surface area contributed by atoms with Crippen LogP contribution in [0.15, 0.2) is 53.9 Å². The second-order valence-electron chi connectivity index (χ2n) is 6.87. The molecule has 7 heteroatoms. The summed E-state index contributed by atoms with van der Waals surface area (Å²) < 4.78 is 1.92. The molecule has 0 saturated carbocycles. The zero-order valence-corrected chi connectivity index (χ0v) is 17.7. The number of hydrogen-bond donors (Lipinski definition) is 1. The summed E-state index contributed by atoms with van der Waals surface area (Å²) in [4.78, 5) is 17.9. The lowest BCUT2D eigenvalue weighted by Gasteiger charge is -2.23. The first-order valence-corrected chi connectivity index (χ1v) is 10.8. The van der Waals surface area contributed by atoms with Gasteiger partial charge in [-0.25, -0.2) is 4.68 Å². The van der Waals surface area contributed by atoms with E-state index in [1.807, 2.05) is 68.2 Å². The number of carbonyl (C=O) groups is 1. The molecule has 1 aromatic carbocycles. The topological polar surface area (TPSA) is 50.2 Å². The highest BCUT2D eigenvalue weighted by Gasteiger charge is 2.20. The highest BCUT2D eigenvalue weighted by atomic mass is 32.1. The van der Waals surface area contributed by atoms with E-state index in [9.17, 15) is 4.79 Å². The molecule has 1 atom stereocenters. The largest absolute Gasteiger partial charge is 0.349 e. The quantitative estimate of drug-likeness (QED) is 0.510. The molecule has 0 aliphatic rings. The van der Waals surface area contributed by atoms with Gasteiger partial charge in [-0.1, -0.05) is 24.3 Å². The second-order valence-corrected chi connectivity index (χ2v) is 8.88. The summed E-state index contributed by atoms with van der Waals surface area (Å²) in [5, 5.41) is 10.8. The highest BCUT2D eigenvalue weighted by molar-refractivity contribution is 7.20. The van der Waals surface area contributed by atoms with E-state index in [0.29, 0.717) is 11.4 Å². The lowest BCUT2D eigenvalue weighted by Crippen LogP contribution is -2.33. The lowest BCUT2D eigenvalue weighted by atomic mass is 10.2. The van der Waals surface area contributed by atoms with Crippen molar-refractivity contribution < 1.29 is 4.79 Å². The van der Waals surface area contributed by atoms with E-state index in [1.165, 1.54) is 16.2 Å². The summed E-state index contributed by atoms with van der Waals surface area (Å²) in [5.74, 6) is -0.0383. The van der Waals surface area contributed by atoms with Crippen molar-refractivity contribution in [3.63, 3.8) is 0 Å². The Labute approximate surface area is 172 Å². The number of nitrogens with one attached hydrogen (secondary N) is 1. The van der Waals surface area contributed by atoms with Gasteiger partial charge in [0.1, 0.15) is 4.83 Å². The van der Waals surface area contributed by atoms with Crippen molar-refractivity contribution in [1.82, 2.24) is 20.0 Å². The minimum atomic E-state index is -0.0383. The molecule has 3 heterocycles. The van der Waals surface area contributed by atoms with Gasteiger partial charge in [0, 0.05) is 16.8 Å². The Bertz CT molecular complexity index is 1080. The minimum Gasteiger partial charge on any atom is -0.349 e. The molecule has 144 valence electrons. The zero-order chi connectivity index (χ0) is 19.7. The van der Waals surface area contributed by atoms with Gasteiger partial charge >= 0.3 is 0 Å². The molecule has 0 aliphatic carbocycles. The van der Waals surface area contributed by atoms with Crippen molar-refractivity contribution in [2.75, 3.05) is 20.6 Å². The van der Waals surface area contributed by atoms with Crippen LogP contribution in [0.25, 0.3) is 15.9 Å². The van der Waals surface area contributed by atoms with Gasteiger partial charge < -0.3 is 10.2 Å². The average molecular weight is 411 g/mol. The third kappa shape index (κ3) is 3.61. The number of carbonyl (C=O) groups excluding carboxylic acids is 1. The number of hydrogen-bond acceptors (Lipinski definition) is 5. The fourth-order valence-corrected chi connectivity index (χ4v) is 5.22. The molecule has 0 aliphatic heterocycles. The number of amides is 1. The molecule has 0 radical (unpaired) electrons. The number of thiophene rings is 2. The normalized spacial score (nSPS) is 12.6. The van der Waals surface area contributed by atoms with E-state index in [4.69, 9.17) is 0 Å². The first-order valence-electron chi connectivity index (χ1n) is 9.07. The van der Waals surface area contributed by atoms with Crippen LogP contribution in [0, 0.1) is 6.92 Å². The molecular formula is C21H22N4OS2. The maximum Gasteiger partial charge on any atom is 0.261 e. The minimum absolute atomic E-state index is 0.0383. The SMILES string of the molecule is Cc1nn(-c2ccccc2)c2sc(C(=O)NC[C@H](c3cccs3)N(C)C)cc12. The molecule has 5 nitrogen and oxygen atoms in total. The van der Waals surface area contributed by atoms with E-state index in [0.717, 1.165) is 21.6 Å². The van der Waals surface area contributed by atoms with Crippen molar-refractivity contribution in [3.8, 4) is 5.69 Å². The van der Waals surface area contributed by atoms with Crippen LogP contribution in [0.2, 0.25) is 0 Å². The predicted molar refractivity (Wildman–Crippen MR) is 117 cm³/mol. The van der Waals surface area contributed by atoms with Crippen molar-refractivity contribution in [2.24, 2.45) is 0 Å². The van der Waals surface area contributed by atoms with Gasteiger partial charge in [-0.15, -0.1) is 22.7 Å². The summed E-state index contributed by atoms with van der Waals surface area (Å²) in [6, 6.07) is 16.3. The van der Waals surface area contributed by atoms with Crippen molar-refractivity contribution in [1.29, 1.82) is 0 Å². The van der Waals surface area contributed by atoms with E-state index in [-0.39, 0.29) is 11.9 Å². The van der Waals surface area contributed by atoms with E-state index < -0.39 is 0 Å². The molecule has 4 aromatic rings. The molecule has 1 amide bonds. The third-order valence-electron chi connectivity index (χ3n) is 4.72. The molecular weight excluding hydrogens is 388 g/mol. The molecule has 1 N–H and O–H groups in total. The monoisotopic (exact) mass is 410 g/mol. The number of aryl methyl sites for hydroxylation is 1. The van der Waals surface area contributed by atoms with Crippen LogP contribution in [-0.4, -0.2) is 41.2 Å². The van der Waals surface area contributed by atoms with Crippen molar-refractivity contribution in [3.05, 3.63) is 69.4 Å². The van der Waals surface area contributed by atoms with Crippen LogP contribution in [0.3, 0.4) is 0 Å². The Morgan fingerprint density at radius 3 is 2.68 bits per heavy atom. The molecule has 0 unspecified atom stereocenters. The number of fused-ring (bicyclic) bond motifs is 1. The molecule has 0 bridgehead atoms. The molecule has 4 rings (SSSR count). The van der Waals surface area contributed by atoms with E-state index in [1.54, 1.807) is 11.3 Å². The predicted octanol–water partition coefficient (Wildman–Crippen LogP) is 4.49. The molecule has 0 fully saturated rings. The molecule has 28 heavy (non-hydrogen) atoms. The fourth-order valence-electron chi connectivity index (χ4n) is 3.20. The summed E-state index contributed by atoms with van der Waals surface area (Å²) in [7, 11) is 4.07. The van der Waals surface area contributed by atoms with Gasteiger partial charge in [0.15, 0.2) is 0 Å². The number of likely N-dealkylation sites (N-methyl/N-ethyl adjacent to an activating group) is 1. The smallest absolute Gasteiger partial charge is 0.261 e.